The van der Waals surface area contributed by atoms with Crippen molar-refractivity contribution in [3.8, 4) is 0 Å². The molecular formula is C6H16N2O4. The predicted octanol–water partition coefficient (Wildman–Crippen LogP) is -1.17. The van der Waals surface area contributed by atoms with Crippen molar-refractivity contribution in [2.75, 3.05) is 27.2 Å². The Morgan fingerprint density at radius 2 is 1.17 bits per heavy atom. The van der Waals surface area contributed by atoms with Gasteiger partial charge in [-0.15, -0.1) is 0 Å². The molecule has 0 spiro atoms. The second kappa shape index (κ2) is 32.8. The minimum atomic E-state index is -0.250. The number of hydrogen-bond acceptors (Lipinski definition) is 4. The summed E-state index contributed by atoms with van der Waals surface area (Å²) in [7, 11) is 3.88. The molecule has 0 aliphatic rings. The molecule has 74 valence electrons. The van der Waals surface area contributed by atoms with Crippen molar-refractivity contribution in [1.29, 1.82) is 0 Å². The largest absolute Gasteiger partial charge is 0.483 e. The Labute approximate surface area is 71.6 Å². The van der Waals surface area contributed by atoms with Crippen LogP contribution in [-0.4, -0.2) is 50.3 Å². The van der Waals surface area contributed by atoms with Crippen molar-refractivity contribution >= 4 is 12.9 Å². The second-order valence-corrected chi connectivity index (χ2v) is 1.42. The molecule has 0 aromatic heterocycles. The van der Waals surface area contributed by atoms with Gasteiger partial charge in [0.05, 0.1) is 0 Å². The van der Waals surface area contributed by atoms with Crippen LogP contribution in [0.3, 0.4) is 0 Å². The van der Waals surface area contributed by atoms with Gasteiger partial charge in [-0.1, -0.05) is 0 Å². The highest BCUT2D eigenvalue weighted by molar-refractivity contribution is 5.32. The summed E-state index contributed by atoms with van der Waals surface area (Å²) in [4.78, 5) is 16.7. The number of rotatable bonds is 3. The lowest BCUT2D eigenvalue weighted by Gasteiger charge is -1.92. The third-order valence-corrected chi connectivity index (χ3v) is 0.625. The molecule has 4 N–H and O–H groups in total. The maximum Gasteiger partial charge on any atom is 0.290 e. The van der Waals surface area contributed by atoms with Crippen LogP contribution in [0.5, 0.6) is 0 Å². The Bertz CT molecular complexity index is 69.9. The van der Waals surface area contributed by atoms with Crippen molar-refractivity contribution in [1.82, 2.24) is 10.6 Å². The zero-order valence-electron chi connectivity index (χ0n) is 7.28. The van der Waals surface area contributed by atoms with E-state index in [1.165, 1.54) is 0 Å². The standard InChI is InChI=1S/C4H12N2.2CH2O2/c1-5-3-4-6-2;2*2-1-3/h5-6H,3-4H2,1-2H3;2*1H,(H,2,3). The highest BCUT2D eigenvalue weighted by Gasteiger charge is 1.70. The SMILES string of the molecule is CNCCNC.O=CO.O=CO. The van der Waals surface area contributed by atoms with E-state index in [4.69, 9.17) is 19.8 Å². The van der Waals surface area contributed by atoms with Crippen LogP contribution in [0.1, 0.15) is 0 Å². The second-order valence-electron chi connectivity index (χ2n) is 1.42. The van der Waals surface area contributed by atoms with E-state index in [2.05, 4.69) is 10.6 Å². The quantitative estimate of drug-likeness (QED) is 0.322. The first kappa shape index (κ1) is 17.1. The molecule has 12 heavy (non-hydrogen) atoms. The van der Waals surface area contributed by atoms with Gasteiger partial charge in [-0.05, 0) is 14.1 Å². The molecule has 0 unspecified atom stereocenters. The minimum absolute atomic E-state index is 0.250. The normalized spacial score (nSPS) is 6.50. The van der Waals surface area contributed by atoms with E-state index in [0.29, 0.717) is 0 Å². The first-order valence-corrected chi connectivity index (χ1v) is 3.19. The van der Waals surface area contributed by atoms with Gasteiger partial charge in [-0.25, -0.2) is 0 Å². The van der Waals surface area contributed by atoms with Gasteiger partial charge < -0.3 is 20.8 Å². The molecule has 0 radical (unpaired) electrons. The lowest BCUT2D eigenvalue weighted by molar-refractivity contribution is -0.123. The molecule has 0 aromatic rings. The number of nitrogens with one attached hydrogen (secondary N) is 2. The number of hydrogen-bond donors (Lipinski definition) is 4. The van der Waals surface area contributed by atoms with E-state index >= 15 is 0 Å². The molecular weight excluding hydrogens is 164 g/mol. The van der Waals surface area contributed by atoms with Crippen LogP contribution in [0.2, 0.25) is 0 Å². The number of carbonyl (C=O) groups is 2. The summed E-state index contributed by atoms with van der Waals surface area (Å²) >= 11 is 0. The van der Waals surface area contributed by atoms with E-state index in [1.807, 2.05) is 14.1 Å². The van der Waals surface area contributed by atoms with Gasteiger partial charge in [0.25, 0.3) is 12.9 Å². The molecule has 0 bridgehead atoms. The monoisotopic (exact) mass is 180 g/mol. The van der Waals surface area contributed by atoms with Gasteiger partial charge in [-0.3, -0.25) is 9.59 Å². The fourth-order valence-corrected chi connectivity index (χ4v) is 0.250. The van der Waals surface area contributed by atoms with E-state index in [9.17, 15) is 0 Å². The molecule has 0 aliphatic heterocycles. The topological polar surface area (TPSA) is 98.7 Å². The Kier molecular flexibility index (Phi) is 46.7. The lowest BCUT2D eigenvalue weighted by atomic mass is 10.6. The molecule has 0 aromatic carbocycles. The summed E-state index contributed by atoms with van der Waals surface area (Å²) in [5.41, 5.74) is 0. The van der Waals surface area contributed by atoms with E-state index < -0.39 is 0 Å². The molecule has 0 rings (SSSR count). The van der Waals surface area contributed by atoms with Gasteiger partial charge in [0.2, 0.25) is 0 Å². The van der Waals surface area contributed by atoms with Crippen molar-refractivity contribution < 1.29 is 19.8 Å². The van der Waals surface area contributed by atoms with E-state index in [1.54, 1.807) is 0 Å². The van der Waals surface area contributed by atoms with Crippen LogP contribution in [0.15, 0.2) is 0 Å². The van der Waals surface area contributed by atoms with Gasteiger partial charge >= 0.3 is 0 Å². The molecule has 0 aliphatic carbocycles. The minimum Gasteiger partial charge on any atom is -0.483 e. The third kappa shape index (κ3) is 158. The maximum absolute atomic E-state index is 8.36. The van der Waals surface area contributed by atoms with Crippen LogP contribution >= 0.6 is 0 Å². The van der Waals surface area contributed by atoms with Gasteiger partial charge in [-0.2, -0.15) is 0 Å². The van der Waals surface area contributed by atoms with Crippen LogP contribution in [0, 0.1) is 0 Å². The maximum atomic E-state index is 8.36. The Morgan fingerprint density at radius 1 is 1.00 bits per heavy atom. The van der Waals surface area contributed by atoms with Crippen molar-refractivity contribution in [3.63, 3.8) is 0 Å². The molecule has 0 fully saturated rings. The molecule has 6 heteroatoms. The summed E-state index contributed by atoms with van der Waals surface area (Å²) in [6.07, 6.45) is 0. The third-order valence-electron chi connectivity index (χ3n) is 0.625. The predicted molar refractivity (Wildman–Crippen MR) is 45.2 cm³/mol. The summed E-state index contributed by atoms with van der Waals surface area (Å²) in [5.74, 6) is 0. The zero-order valence-corrected chi connectivity index (χ0v) is 7.28. The van der Waals surface area contributed by atoms with Gasteiger partial charge in [0.1, 0.15) is 0 Å². The Balaban J connectivity index is -0.000000115. The van der Waals surface area contributed by atoms with Crippen LogP contribution in [-0.2, 0) is 9.59 Å². The molecule has 0 atom stereocenters. The average Bonchev–Trinajstić information content (AvgIpc) is 2.04. The van der Waals surface area contributed by atoms with Gasteiger partial charge in [0, 0.05) is 13.1 Å². The Hall–Kier alpha value is -1.14. The molecule has 0 amide bonds. The molecule has 6 nitrogen and oxygen atoms in total. The number of carboxylic acid groups (broad SMARTS) is 2. The van der Waals surface area contributed by atoms with Crippen LogP contribution in [0.25, 0.3) is 0 Å². The van der Waals surface area contributed by atoms with E-state index in [0.717, 1.165) is 13.1 Å². The fourth-order valence-electron chi connectivity index (χ4n) is 0.250. The fraction of sp³-hybridized carbons (Fsp3) is 0.667. The van der Waals surface area contributed by atoms with E-state index in [-0.39, 0.29) is 12.9 Å². The van der Waals surface area contributed by atoms with Gasteiger partial charge in [0.15, 0.2) is 0 Å². The lowest BCUT2D eigenvalue weighted by Crippen LogP contribution is -2.21. The smallest absolute Gasteiger partial charge is 0.290 e. The van der Waals surface area contributed by atoms with Crippen molar-refractivity contribution in [3.05, 3.63) is 0 Å². The molecule has 0 heterocycles. The van der Waals surface area contributed by atoms with Crippen molar-refractivity contribution in [2.45, 2.75) is 0 Å². The summed E-state index contributed by atoms with van der Waals surface area (Å²) in [5, 5.41) is 19.8. The summed E-state index contributed by atoms with van der Waals surface area (Å²) in [6.45, 7) is 1.60. The Morgan fingerprint density at radius 3 is 1.25 bits per heavy atom. The number of likely N-dealkylation sites (N-methyl/N-ethyl adjacent to an activating group) is 2. The zero-order chi connectivity index (χ0) is 10.2. The highest BCUT2D eigenvalue weighted by Crippen LogP contribution is 1.45. The molecule has 0 saturated heterocycles. The average molecular weight is 180 g/mol. The highest BCUT2D eigenvalue weighted by atomic mass is 16.3. The molecule has 0 saturated carbocycles. The first-order chi connectivity index (χ1) is 5.74. The van der Waals surface area contributed by atoms with Crippen LogP contribution < -0.4 is 10.6 Å². The first-order valence-electron chi connectivity index (χ1n) is 3.19. The summed E-state index contributed by atoms with van der Waals surface area (Å²) in [6, 6.07) is 0. The van der Waals surface area contributed by atoms with Crippen LogP contribution in [0.4, 0.5) is 0 Å². The summed E-state index contributed by atoms with van der Waals surface area (Å²) < 4.78 is 0. The van der Waals surface area contributed by atoms with Crippen molar-refractivity contribution in [2.24, 2.45) is 0 Å².